The van der Waals surface area contributed by atoms with Crippen molar-refractivity contribution in [3.05, 3.63) is 75.6 Å². The maximum absolute atomic E-state index is 13.8. The number of carbonyl (C=O) groups is 1. The molecule has 1 aliphatic heterocycles. The van der Waals surface area contributed by atoms with Crippen molar-refractivity contribution < 1.29 is 36.2 Å². The first-order chi connectivity index (χ1) is 14.9. The van der Waals surface area contributed by atoms with Crippen molar-refractivity contribution in [3.63, 3.8) is 0 Å². The molecule has 2 atom stereocenters. The molecular weight excluding hydrogens is 459 g/mol. The summed E-state index contributed by atoms with van der Waals surface area (Å²) in [7, 11) is 1.42. The molecule has 1 aliphatic rings. The highest BCUT2D eigenvalue weighted by Gasteiger charge is 2.34. The van der Waals surface area contributed by atoms with E-state index in [1.54, 1.807) is 0 Å². The molecule has 1 amide bonds. The fraction of sp³-hybridized carbons (Fsp3) is 0.286. The molecule has 11 heteroatoms. The highest BCUT2D eigenvalue weighted by atomic mass is 35.5. The topological polar surface area (TPSA) is 50.8 Å². The third kappa shape index (κ3) is 4.90. The quantitative estimate of drug-likeness (QED) is 0.596. The molecule has 2 aromatic rings. The Labute approximate surface area is 185 Å². The molecule has 32 heavy (non-hydrogen) atoms. The number of hydrogen-bond acceptors (Lipinski definition) is 4. The Morgan fingerprint density at radius 2 is 1.84 bits per heavy atom. The first kappa shape index (κ1) is 23.6. The Morgan fingerprint density at radius 1 is 1.22 bits per heavy atom. The van der Waals surface area contributed by atoms with Gasteiger partial charge in [-0.05, 0) is 49.7 Å². The third-order valence-electron chi connectivity index (χ3n) is 4.86. The fourth-order valence-electron chi connectivity index (χ4n) is 2.88. The molecule has 172 valence electrons. The Kier molecular flexibility index (Phi) is 6.54. The summed E-state index contributed by atoms with van der Waals surface area (Å²) in [5.41, 5.74) is -0.898. The first-order valence-electron chi connectivity index (χ1n) is 9.26. The summed E-state index contributed by atoms with van der Waals surface area (Å²) in [5, 5.41) is 2.50. The lowest BCUT2D eigenvalue weighted by Crippen LogP contribution is -2.38. The van der Waals surface area contributed by atoms with E-state index < -0.39 is 41.7 Å². The Balaban J connectivity index is 1.69. The van der Waals surface area contributed by atoms with E-state index in [1.165, 1.54) is 25.8 Å². The maximum Gasteiger partial charge on any atom is 0.416 e. The predicted octanol–water partition coefficient (Wildman–Crippen LogP) is 5.29. The van der Waals surface area contributed by atoms with E-state index in [2.05, 4.69) is 5.32 Å². The lowest BCUT2D eigenvalue weighted by molar-refractivity contribution is -0.138. The van der Waals surface area contributed by atoms with Gasteiger partial charge in [0.2, 0.25) is 0 Å². The number of benzene rings is 2. The van der Waals surface area contributed by atoms with E-state index in [0.717, 1.165) is 36.6 Å². The van der Waals surface area contributed by atoms with Crippen LogP contribution in [0.25, 0.3) is 0 Å². The van der Waals surface area contributed by atoms with Crippen molar-refractivity contribution in [2.45, 2.75) is 32.5 Å². The van der Waals surface area contributed by atoms with Crippen molar-refractivity contribution in [1.29, 1.82) is 0 Å². The van der Waals surface area contributed by atoms with Gasteiger partial charge >= 0.3 is 12.6 Å². The third-order valence-corrected chi connectivity index (χ3v) is 5.17. The standard InChI is InChI=1S/C21H18ClF5N2O3/c1-10-15(23)6-12(7-16(10)24)11(2)28-19(30)17-9-31-20(29(17)3)32-18-8-13(21(25,26)27)4-5-14(18)22/h4-9,11,20H,1-3H3,(H,28,30). The molecule has 0 saturated carbocycles. The van der Waals surface area contributed by atoms with Gasteiger partial charge in [0.1, 0.15) is 29.3 Å². The average Bonchev–Trinajstić information content (AvgIpc) is 3.06. The summed E-state index contributed by atoms with van der Waals surface area (Å²) < 4.78 is 77.1. The second-order valence-electron chi connectivity index (χ2n) is 7.12. The molecule has 0 aromatic heterocycles. The molecule has 0 radical (unpaired) electrons. The van der Waals surface area contributed by atoms with Gasteiger partial charge in [0.15, 0.2) is 0 Å². The zero-order valence-electron chi connectivity index (χ0n) is 17.1. The van der Waals surface area contributed by atoms with Crippen LogP contribution >= 0.6 is 11.6 Å². The van der Waals surface area contributed by atoms with Crippen molar-refractivity contribution in [2.24, 2.45) is 0 Å². The van der Waals surface area contributed by atoms with Crippen LogP contribution in [0.3, 0.4) is 0 Å². The molecule has 1 N–H and O–H groups in total. The van der Waals surface area contributed by atoms with Crippen molar-refractivity contribution in [2.75, 3.05) is 7.05 Å². The normalized spacial score (nSPS) is 17.0. The van der Waals surface area contributed by atoms with Gasteiger partial charge in [-0.15, -0.1) is 0 Å². The minimum absolute atomic E-state index is 0.0157. The number of halogens is 6. The number of rotatable bonds is 5. The van der Waals surface area contributed by atoms with Crippen LogP contribution in [0.2, 0.25) is 5.02 Å². The number of amides is 1. The molecule has 3 rings (SSSR count). The van der Waals surface area contributed by atoms with Crippen LogP contribution in [0, 0.1) is 18.6 Å². The molecule has 2 unspecified atom stereocenters. The molecule has 1 heterocycles. The van der Waals surface area contributed by atoms with Gasteiger partial charge in [-0.25, -0.2) is 8.78 Å². The Morgan fingerprint density at radius 3 is 2.44 bits per heavy atom. The number of carbonyl (C=O) groups excluding carboxylic acids is 1. The van der Waals surface area contributed by atoms with E-state index in [9.17, 15) is 26.7 Å². The summed E-state index contributed by atoms with van der Waals surface area (Å²) >= 11 is 5.92. The number of likely N-dealkylation sites (N-methyl/N-ethyl adjacent to an activating group) is 1. The average molecular weight is 477 g/mol. The molecular formula is C21H18ClF5N2O3. The van der Waals surface area contributed by atoms with Crippen LogP contribution < -0.4 is 10.1 Å². The van der Waals surface area contributed by atoms with Crippen LogP contribution in [-0.4, -0.2) is 24.3 Å². The van der Waals surface area contributed by atoms with Crippen molar-refractivity contribution in [3.8, 4) is 5.75 Å². The number of nitrogens with one attached hydrogen (secondary N) is 1. The Bertz CT molecular complexity index is 1050. The summed E-state index contributed by atoms with van der Waals surface area (Å²) in [6.07, 6.45) is -4.80. The summed E-state index contributed by atoms with van der Waals surface area (Å²) in [6.45, 7) is 2.83. The zero-order chi connectivity index (χ0) is 23.8. The summed E-state index contributed by atoms with van der Waals surface area (Å²) in [4.78, 5) is 13.8. The molecule has 0 fully saturated rings. The number of alkyl halides is 3. The van der Waals surface area contributed by atoms with Gasteiger partial charge in [0.25, 0.3) is 5.91 Å². The minimum atomic E-state index is -4.60. The van der Waals surface area contributed by atoms with Gasteiger partial charge in [-0.3, -0.25) is 9.69 Å². The first-order valence-corrected chi connectivity index (χ1v) is 9.64. The highest BCUT2D eigenvalue weighted by molar-refractivity contribution is 6.32. The largest absolute Gasteiger partial charge is 0.443 e. The van der Waals surface area contributed by atoms with Crippen LogP contribution in [0.1, 0.15) is 29.7 Å². The van der Waals surface area contributed by atoms with Crippen LogP contribution in [-0.2, 0) is 15.7 Å². The monoisotopic (exact) mass is 476 g/mol. The lowest BCUT2D eigenvalue weighted by atomic mass is 10.1. The summed E-state index contributed by atoms with van der Waals surface area (Å²) in [6, 6.07) is 4.06. The molecule has 0 saturated heterocycles. The van der Waals surface area contributed by atoms with Gasteiger partial charge in [-0.2, -0.15) is 13.2 Å². The number of hydrogen-bond donors (Lipinski definition) is 1. The smallest absolute Gasteiger partial charge is 0.416 e. The van der Waals surface area contributed by atoms with Gasteiger partial charge in [0, 0.05) is 12.6 Å². The number of ether oxygens (including phenoxy) is 2. The zero-order valence-corrected chi connectivity index (χ0v) is 17.8. The Hall–Kier alpha value is -3.01. The van der Waals surface area contributed by atoms with E-state index in [-0.39, 0.29) is 27.6 Å². The van der Waals surface area contributed by atoms with Gasteiger partial charge in [-0.1, -0.05) is 11.6 Å². The van der Waals surface area contributed by atoms with Crippen LogP contribution in [0.4, 0.5) is 22.0 Å². The predicted molar refractivity (Wildman–Crippen MR) is 105 cm³/mol. The lowest BCUT2D eigenvalue weighted by Gasteiger charge is -2.24. The molecule has 2 aromatic carbocycles. The van der Waals surface area contributed by atoms with E-state index in [1.807, 2.05) is 0 Å². The molecule has 0 spiro atoms. The van der Waals surface area contributed by atoms with Crippen LogP contribution in [0.5, 0.6) is 5.75 Å². The van der Waals surface area contributed by atoms with Crippen molar-refractivity contribution in [1.82, 2.24) is 10.2 Å². The molecule has 0 bridgehead atoms. The molecule has 0 aliphatic carbocycles. The highest BCUT2D eigenvalue weighted by Crippen LogP contribution is 2.36. The maximum atomic E-state index is 13.8. The van der Waals surface area contributed by atoms with Crippen molar-refractivity contribution >= 4 is 17.5 Å². The SMILES string of the molecule is Cc1c(F)cc(C(C)NC(=O)C2=COC(Oc3cc(C(F)(F)F)ccc3Cl)N2C)cc1F. The van der Waals surface area contributed by atoms with Gasteiger partial charge in [0.05, 0.1) is 16.6 Å². The number of nitrogens with zero attached hydrogens (tertiary/aromatic N) is 1. The molecule has 5 nitrogen and oxygen atoms in total. The fourth-order valence-corrected chi connectivity index (χ4v) is 3.04. The summed E-state index contributed by atoms with van der Waals surface area (Å²) in [5.74, 6) is -2.42. The van der Waals surface area contributed by atoms with E-state index in [4.69, 9.17) is 21.1 Å². The second-order valence-corrected chi connectivity index (χ2v) is 7.53. The van der Waals surface area contributed by atoms with E-state index in [0.29, 0.717) is 0 Å². The van der Waals surface area contributed by atoms with Gasteiger partial charge < -0.3 is 14.8 Å². The minimum Gasteiger partial charge on any atom is -0.443 e. The van der Waals surface area contributed by atoms with E-state index >= 15 is 0 Å². The second kappa shape index (κ2) is 8.85. The van der Waals surface area contributed by atoms with Crippen LogP contribution in [0.15, 0.2) is 42.3 Å².